The molecule has 0 bridgehead atoms. The van der Waals surface area contributed by atoms with E-state index in [1.807, 2.05) is 13.0 Å². The molecule has 1 aromatic heterocycles. The monoisotopic (exact) mass is 362 g/mol. The highest BCUT2D eigenvalue weighted by Gasteiger charge is 2.48. The molecule has 1 aromatic carbocycles. The molecule has 24 heavy (non-hydrogen) atoms. The SMILES string of the molecule is Cc1ccc(S(=O)(=O)Nc2ccc3c(c2)C2(CCCC2)C(=O)N3)s1. The molecule has 0 atom stereocenters. The Hall–Kier alpha value is -1.86. The summed E-state index contributed by atoms with van der Waals surface area (Å²) >= 11 is 1.24. The fraction of sp³-hybridized carbons (Fsp3) is 0.353. The van der Waals surface area contributed by atoms with Gasteiger partial charge in [-0.1, -0.05) is 12.8 Å². The van der Waals surface area contributed by atoms with Gasteiger partial charge in [-0.2, -0.15) is 0 Å². The van der Waals surface area contributed by atoms with Crippen LogP contribution >= 0.6 is 11.3 Å². The van der Waals surface area contributed by atoms with Crippen LogP contribution in [0, 0.1) is 6.92 Å². The number of anilines is 2. The van der Waals surface area contributed by atoms with E-state index >= 15 is 0 Å². The summed E-state index contributed by atoms with van der Waals surface area (Å²) in [4.78, 5) is 13.4. The molecule has 4 rings (SSSR count). The van der Waals surface area contributed by atoms with Gasteiger partial charge in [-0.05, 0) is 55.7 Å². The minimum absolute atomic E-state index is 0.0453. The lowest BCUT2D eigenvalue weighted by Gasteiger charge is -2.21. The Balaban J connectivity index is 1.70. The molecule has 7 heteroatoms. The highest BCUT2D eigenvalue weighted by atomic mass is 32.2. The second-order valence-electron chi connectivity index (χ2n) is 6.47. The average molecular weight is 362 g/mol. The number of amides is 1. The van der Waals surface area contributed by atoms with Gasteiger partial charge in [-0.3, -0.25) is 9.52 Å². The number of carbonyl (C=O) groups excluding carboxylic acids is 1. The predicted octanol–water partition coefficient (Wildman–Crippen LogP) is 3.62. The number of aryl methyl sites for hydroxylation is 1. The zero-order valence-corrected chi connectivity index (χ0v) is 14.9. The Labute approximate surface area is 145 Å². The molecular formula is C17H18N2O3S2. The number of hydrogen-bond acceptors (Lipinski definition) is 4. The van der Waals surface area contributed by atoms with Crippen molar-refractivity contribution in [2.24, 2.45) is 0 Å². The van der Waals surface area contributed by atoms with Crippen LogP contribution in [0.4, 0.5) is 11.4 Å². The highest BCUT2D eigenvalue weighted by Crippen LogP contribution is 2.49. The summed E-state index contributed by atoms with van der Waals surface area (Å²) in [6, 6.07) is 8.71. The molecule has 2 N–H and O–H groups in total. The van der Waals surface area contributed by atoms with Gasteiger partial charge in [0.15, 0.2) is 0 Å². The Bertz CT molecular complexity index is 925. The number of hydrogen-bond donors (Lipinski definition) is 2. The molecule has 1 aliphatic heterocycles. The lowest BCUT2D eigenvalue weighted by Crippen LogP contribution is -2.31. The predicted molar refractivity (Wildman–Crippen MR) is 95.1 cm³/mol. The summed E-state index contributed by atoms with van der Waals surface area (Å²) in [6.45, 7) is 1.88. The quantitative estimate of drug-likeness (QED) is 0.876. The molecule has 1 aliphatic carbocycles. The van der Waals surface area contributed by atoms with E-state index in [1.54, 1.807) is 24.3 Å². The molecular weight excluding hydrogens is 344 g/mol. The number of carbonyl (C=O) groups is 1. The van der Waals surface area contributed by atoms with Gasteiger partial charge in [0.25, 0.3) is 10.0 Å². The van der Waals surface area contributed by atoms with Crippen molar-refractivity contribution < 1.29 is 13.2 Å². The van der Waals surface area contributed by atoms with E-state index in [0.717, 1.165) is 41.8 Å². The Kier molecular flexibility index (Phi) is 3.47. The maximum atomic E-state index is 12.5. The van der Waals surface area contributed by atoms with Crippen LogP contribution in [0.2, 0.25) is 0 Å². The Morgan fingerprint density at radius 1 is 1.17 bits per heavy atom. The molecule has 1 amide bonds. The van der Waals surface area contributed by atoms with Crippen molar-refractivity contribution in [1.29, 1.82) is 0 Å². The Morgan fingerprint density at radius 2 is 1.92 bits per heavy atom. The molecule has 1 saturated carbocycles. The van der Waals surface area contributed by atoms with Crippen LogP contribution in [0.3, 0.4) is 0 Å². The van der Waals surface area contributed by atoms with Crippen LogP contribution in [-0.4, -0.2) is 14.3 Å². The summed E-state index contributed by atoms with van der Waals surface area (Å²) in [5.41, 5.74) is 1.75. The largest absolute Gasteiger partial charge is 0.325 e. The lowest BCUT2D eigenvalue weighted by molar-refractivity contribution is -0.120. The van der Waals surface area contributed by atoms with Gasteiger partial charge >= 0.3 is 0 Å². The fourth-order valence-electron chi connectivity index (χ4n) is 3.71. The van der Waals surface area contributed by atoms with E-state index < -0.39 is 15.4 Å². The van der Waals surface area contributed by atoms with Crippen molar-refractivity contribution in [1.82, 2.24) is 0 Å². The minimum Gasteiger partial charge on any atom is -0.325 e. The summed E-state index contributed by atoms with van der Waals surface area (Å²) < 4.78 is 28.0. The molecule has 2 aromatic rings. The van der Waals surface area contributed by atoms with Gasteiger partial charge in [0, 0.05) is 16.3 Å². The van der Waals surface area contributed by atoms with Crippen molar-refractivity contribution in [3.63, 3.8) is 0 Å². The molecule has 0 radical (unpaired) electrons. The zero-order valence-electron chi connectivity index (χ0n) is 13.3. The second-order valence-corrected chi connectivity index (χ2v) is 9.67. The average Bonchev–Trinajstić information content (AvgIpc) is 3.23. The van der Waals surface area contributed by atoms with E-state index in [-0.39, 0.29) is 5.91 Å². The van der Waals surface area contributed by atoms with Crippen molar-refractivity contribution in [2.75, 3.05) is 10.0 Å². The highest BCUT2D eigenvalue weighted by molar-refractivity contribution is 7.94. The first-order valence-electron chi connectivity index (χ1n) is 7.96. The third-order valence-electron chi connectivity index (χ3n) is 4.91. The van der Waals surface area contributed by atoms with E-state index in [0.29, 0.717) is 9.90 Å². The molecule has 1 spiro atoms. The number of thiophene rings is 1. The normalized spacial score (nSPS) is 18.6. The standard InChI is InChI=1S/C17H18N2O3S2/c1-11-4-7-15(23-11)24(21,22)19-12-5-6-14-13(10-12)17(16(20)18-14)8-2-3-9-17/h4-7,10,19H,2-3,8-9H2,1H3,(H,18,20). The van der Waals surface area contributed by atoms with Gasteiger partial charge in [-0.15, -0.1) is 11.3 Å². The Morgan fingerprint density at radius 3 is 2.58 bits per heavy atom. The van der Waals surface area contributed by atoms with Crippen LogP contribution in [0.25, 0.3) is 0 Å². The maximum Gasteiger partial charge on any atom is 0.271 e. The van der Waals surface area contributed by atoms with Crippen LogP contribution in [0.15, 0.2) is 34.5 Å². The van der Waals surface area contributed by atoms with Gasteiger partial charge in [0.1, 0.15) is 4.21 Å². The van der Waals surface area contributed by atoms with E-state index in [9.17, 15) is 13.2 Å². The van der Waals surface area contributed by atoms with Gasteiger partial charge in [0.05, 0.1) is 5.41 Å². The molecule has 2 aliphatic rings. The molecule has 2 heterocycles. The van der Waals surface area contributed by atoms with Crippen molar-refractivity contribution >= 4 is 38.6 Å². The zero-order chi connectivity index (χ0) is 16.9. The van der Waals surface area contributed by atoms with Crippen LogP contribution in [0.1, 0.15) is 36.1 Å². The number of nitrogens with one attached hydrogen (secondary N) is 2. The topological polar surface area (TPSA) is 75.3 Å². The summed E-state index contributed by atoms with van der Waals surface area (Å²) in [5.74, 6) is 0.0453. The molecule has 5 nitrogen and oxygen atoms in total. The van der Waals surface area contributed by atoms with Crippen molar-refractivity contribution in [3.05, 3.63) is 40.8 Å². The van der Waals surface area contributed by atoms with Crippen molar-refractivity contribution in [3.8, 4) is 0 Å². The second kappa shape index (κ2) is 5.32. The smallest absolute Gasteiger partial charge is 0.271 e. The molecule has 1 fully saturated rings. The lowest BCUT2D eigenvalue weighted by atomic mass is 9.80. The maximum absolute atomic E-state index is 12.5. The number of fused-ring (bicyclic) bond motifs is 2. The number of benzene rings is 1. The third kappa shape index (κ3) is 2.34. The third-order valence-corrected chi connectivity index (χ3v) is 7.78. The first-order chi connectivity index (χ1) is 11.4. The van der Waals surface area contributed by atoms with E-state index in [2.05, 4.69) is 10.0 Å². The first-order valence-corrected chi connectivity index (χ1v) is 10.3. The van der Waals surface area contributed by atoms with Gasteiger partial charge in [0.2, 0.25) is 5.91 Å². The summed E-state index contributed by atoms with van der Waals surface area (Å²) in [6.07, 6.45) is 3.70. The van der Waals surface area contributed by atoms with E-state index in [4.69, 9.17) is 0 Å². The number of sulfonamides is 1. The molecule has 0 saturated heterocycles. The van der Waals surface area contributed by atoms with Gasteiger partial charge in [-0.25, -0.2) is 8.42 Å². The minimum atomic E-state index is -3.60. The van der Waals surface area contributed by atoms with Crippen LogP contribution in [-0.2, 0) is 20.2 Å². The fourth-order valence-corrected chi connectivity index (χ4v) is 6.05. The van der Waals surface area contributed by atoms with Crippen LogP contribution < -0.4 is 10.0 Å². The van der Waals surface area contributed by atoms with Crippen LogP contribution in [0.5, 0.6) is 0 Å². The van der Waals surface area contributed by atoms with Gasteiger partial charge < -0.3 is 5.32 Å². The summed E-state index contributed by atoms with van der Waals surface area (Å²) in [5, 5.41) is 2.94. The van der Waals surface area contributed by atoms with E-state index in [1.165, 1.54) is 11.3 Å². The van der Waals surface area contributed by atoms with Crippen molar-refractivity contribution in [2.45, 2.75) is 42.2 Å². The molecule has 0 unspecified atom stereocenters. The molecule has 126 valence electrons. The number of rotatable bonds is 3. The summed E-state index contributed by atoms with van der Waals surface area (Å²) in [7, 11) is -3.60. The first kappa shape index (κ1) is 15.7.